The summed E-state index contributed by atoms with van der Waals surface area (Å²) in [5, 5.41) is 3.81. The fourth-order valence-electron chi connectivity index (χ4n) is 3.10. The van der Waals surface area contributed by atoms with Gasteiger partial charge in [0, 0.05) is 17.3 Å². The highest BCUT2D eigenvalue weighted by molar-refractivity contribution is 8.00. The first kappa shape index (κ1) is 14.7. The van der Waals surface area contributed by atoms with Crippen LogP contribution in [0.4, 0.5) is 0 Å². The average molecular weight is 270 g/mol. The van der Waals surface area contributed by atoms with Gasteiger partial charge < -0.3 is 10.2 Å². The molecule has 1 heterocycles. The molecule has 2 nitrogen and oxygen atoms in total. The summed E-state index contributed by atoms with van der Waals surface area (Å²) in [5.74, 6) is 0.899. The third kappa shape index (κ3) is 3.88. The van der Waals surface area contributed by atoms with Crippen LogP contribution in [0.25, 0.3) is 0 Å². The fraction of sp³-hybridized carbons (Fsp3) is 1.00. The third-order valence-electron chi connectivity index (χ3n) is 4.87. The van der Waals surface area contributed by atoms with Crippen molar-refractivity contribution in [2.45, 2.75) is 56.7 Å². The number of thioether (sulfide) groups is 1. The molecule has 106 valence electrons. The maximum Gasteiger partial charge on any atom is 0.0282 e. The molecular weight excluding hydrogens is 240 g/mol. The SMILES string of the molecule is CCCN1CCC(C(C)NCC2(SC)CC2)CC1. The van der Waals surface area contributed by atoms with Crippen LogP contribution in [0.1, 0.15) is 46.0 Å². The van der Waals surface area contributed by atoms with E-state index in [9.17, 15) is 0 Å². The monoisotopic (exact) mass is 270 g/mol. The molecule has 0 radical (unpaired) electrons. The van der Waals surface area contributed by atoms with Gasteiger partial charge in [0.15, 0.2) is 0 Å². The average Bonchev–Trinajstić information content (AvgIpc) is 3.18. The van der Waals surface area contributed by atoms with Crippen molar-refractivity contribution in [2.24, 2.45) is 5.92 Å². The Labute approximate surface area is 117 Å². The van der Waals surface area contributed by atoms with Crippen LogP contribution < -0.4 is 5.32 Å². The van der Waals surface area contributed by atoms with Gasteiger partial charge >= 0.3 is 0 Å². The number of hydrogen-bond donors (Lipinski definition) is 1. The first-order valence-corrected chi connectivity index (χ1v) is 8.92. The molecular formula is C15H30N2S. The van der Waals surface area contributed by atoms with Gasteiger partial charge in [-0.1, -0.05) is 6.92 Å². The molecule has 0 aromatic heterocycles. The lowest BCUT2D eigenvalue weighted by molar-refractivity contribution is 0.163. The van der Waals surface area contributed by atoms with E-state index < -0.39 is 0 Å². The molecule has 2 aliphatic rings. The summed E-state index contributed by atoms with van der Waals surface area (Å²) in [5.41, 5.74) is 0. The fourth-order valence-corrected chi connectivity index (χ4v) is 3.84. The zero-order valence-electron chi connectivity index (χ0n) is 12.4. The van der Waals surface area contributed by atoms with Crippen molar-refractivity contribution in [3.63, 3.8) is 0 Å². The lowest BCUT2D eigenvalue weighted by Gasteiger charge is -2.35. The molecule has 1 aliphatic heterocycles. The van der Waals surface area contributed by atoms with Crippen LogP contribution in [0.2, 0.25) is 0 Å². The molecule has 0 aromatic carbocycles. The van der Waals surface area contributed by atoms with Gasteiger partial charge in [0.2, 0.25) is 0 Å². The van der Waals surface area contributed by atoms with Crippen LogP contribution in [0, 0.1) is 5.92 Å². The van der Waals surface area contributed by atoms with E-state index in [4.69, 9.17) is 0 Å². The minimum Gasteiger partial charge on any atom is -0.313 e. The van der Waals surface area contributed by atoms with E-state index in [-0.39, 0.29) is 0 Å². The number of nitrogens with zero attached hydrogens (tertiary/aromatic N) is 1. The van der Waals surface area contributed by atoms with Crippen molar-refractivity contribution in [3.05, 3.63) is 0 Å². The Morgan fingerprint density at radius 1 is 1.33 bits per heavy atom. The Hall–Kier alpha value is 0.270. The second-order valence-corrected chi connectivity index (χ2v) is 7.51. The summed E-state index contributed by atoms with van der Waals surface area (Å²) in [7, 11) is 0. The Kier molecular flexibility index (Phi) is 5.40. The highest BCUT2D eigenvalue weighted by Crippen LogP contribution is 2.46. The molecule has 1 N–H and O–H groups in total. The molecule has 0 amide bonds. The molecule has 3 heteroatoms. The Bertz CT molecular complexity index is 245. The van der Waals surface area contributed by atoms with Gasteiger partial charge in [-0.3, -0.25) is 0 Å². The van der Waals surface area contributed by atoms with E-state index >= 15 is 0 Å². The standard InChI is InChI=1S/C15H30N2S/c1-4-9-17-10-5-14(6-11-17)13(2)16-12-15(18-3)7-8-15/h13-14,16H,4-12H2,1-3H3. The van der Waals surface area contributed by atoms with E-state index in [1.165, 1.54) is 58.3 Å². The molecule has 0 bridgehead atoms. The van der Waals surface area contributed by atoms with Gasteiger partial charge in [-0.25, -0.2) is 0 Å². The van der Waals surface area contributed by atoms with Gasteiger partial charge in [0.05, 0.1) is 0 Å². The van der Waals surface area contributed by atoms with Crippen molar-refractivity contribution in [1.29, 1.82) is 0 Å². The van der Waals surface area contributed by atoms with Crippen LogP contribution >= 0.6 is 11.8 Å². The van der Waals surface area contributed by atoms with Gasteiger partial charge in [-0.05, 0) is 70.8 Å². The van der Waals surface area contributed by atoms with Crippen molar-refractivity contribution in [2.75, 3.05) is 32.4 Å². The van der Waals surface area contributed by atoms with Crippen LogP contribution in [0.15, 0.2) is 0 Å². The van der Waals surface area contributed by atoms with Crippen LogP contribution in [0.3, 0.4) is 0 Å². The molecule has 1 saturated heterocycles. The van der Waals surface area contributed by atoms with E-state index in [2.05, 4.69) is 42.1 Å². The lowest BCUT2D eigenvalue weighted by atomic mass is 9.90. The normalized spacial score (nSPS) is 26.2. The molecule has 0 aromatic rings. The van der Waals surface area contributed by atoms with Crippen molar-refractivity contribution < 1.29 is 0 Å². The summed E-state index contributed by atoms with van der Waals surface area (Å²) in [6.07, 6.45) is 9.18. The minimum absolute atomic E-state index is 0.608. The van der Waals surface area contributed by atoms with Crippen LogP contribution in [0.5, 0.6) is 0 Å². The van der Waals surface area contributed by atoms with E-state index in [0.29, 0.717) is 10.8 Å². The largest absolute Gasteiger partial charge is 0.313 e. The number of nitrogens with one attached hydrogen (secondary N) is 1. The zero-order valence-corrected chi connectivity index (χ0v) is 13.2. The molecule has 1 aliphatic carbocycles. The van der Waals surface area contributed by atoms with E-state index in [1.54, 1.807) is 0 Å². The second-order valence-electron chi connectivity index (χ2n) is 6.24. The number of likely N-dealkylation sites (tertiary alicyclic amines) is 1. The molecule has 2 fully saturated rings. The number of hydrogen-bond acceptors (Lipinski definition) is 3. The van der Waals surface area contributed by atoms with Crippen molar-refractivity contribution >= 4 is 11.8 Å². The Morgan fingerprint density at radius 2 is 2.00 bits per heavy atom. The Morgan fingerprint density at radius 3 is 2.50 bits per heavy atom. The molecule has 2 rings (SSSR count). The van der Waals surface area contributed by atoms with E-state index in [1.807, 2.05) is 0 Å². The minimum atomic E-state index is 0.608. The summed E-state index contributed by atoms with van der Waals surface area (Å²) in [6, 6.07) is 0.707. The maximum absolute atomic E-state index is 3.81. The molecule has 0 spiro atoms. The molecule has 1 saturated carbocycles. The maximum atomic E-state index is 3.81. The highest BCUT2D eigenvalue weighted by atomic mass is 32.2. The predicted octanol–water partition coefficient (Wildman–Crippen LogP) is 2.98. The van der Waals surface area contributed by atoms with Crippen molar-refractivity contribution in [3.8, 4) is 0 Å². The first-order valence-electron chi connectivity index (χ1n) is 7.70. The summed E-state index contributed by atoms with van der Waals surface area (Å²) < 4.78 is 0.608. The van der Waals surface area contributed by atoms with Crippen LogP contribution in [-0.4, -0.2) is 48.1 Å². The quantitative estimate of drug-likeness (QED) is 0.765. The van der Waals surface area contributed by atoms with Gasteiger partial charge in [0.25, 0.3) is 0 Å². The summed E-state index contributed by atoms with van der Waals surface area (Å²) >= 11 is 2.06. The van der Waals surface area contributed by atoms with Crippen LogP contribution in [-0.2, 0) is 0 Å². The number of rotatable bonds is 7. The topological polar surface area (TPSA) is 15.3 Å². The van der Waals surface area contributed by atoms with Gasteiger partial charge in [-0.2, -0.15) is 11.8 Å². The molecule has 18 heavy (non-hydrogen) atoms. The summed E-state index contributed by atoms with van der Waals surface area (Å²) in [4.78, 5) is 2.63. The zero-order chi connectivity index (χ0) is 13.0. The molecule has 1 atom stereocenters. The van der Waals surface area contributed by atoms with Gasteiger partial charge in [0.1, 0.15) is 0 Å². The highest BCUT2D eigenvalue weighted by Gasteiger charge is 2.41. The summed E-state index contributed by atoms with van der Waals surface area (Å²) in [6.45, 7) is 9.84. The molecule has 1 unspecified atom stereocenters. The predicted molar refractivity (Wildman–Crippen MR) is 82.4 cm³/mol. The Balaban J connectivity index is 1.66. The van der Waals surface area contributed by atoms with Gasteiger partial charge in [-0.15, -0.1) is 0 Å². The van der Waals surface area contributed by atoms with E-state index in [0.717, 1.165) is 5.92 Å². The second kappa shape index (κ2) is 6.62. The third-order valence-corrected chi connectivity index (χ3v) is 6.28. The smallest absolute Gasteiger partial charge is 0.0282 e. The lowest BCUT2D eigenvalue weighted by Crippen LogP contribution is -2.44. The van der Waals surface area contributed by atoms with Crippen molar-refractivity contribution in [1.82, 2.24) is 10.2 Å². The number of piperidine rings is 1. The first-order chi connectivity index (χ1) is 8.69.